The normalized spacial score (nSPS) is 17.7. The van der Waals surface area contributed by atoms with E-state index in [0.717, 1.165) is 18.8 Å². The van der Waals surface area contributed by atoms with Gasteiger partial charge in [0.05, 0.1) is 23.7 Å². The molecule has 0 aliphatic carbocycles. The van der Waals surface area contributed by atoms with Crippen LogP contribution in [0.3, 0.4) is 0 Å². The van der Waals surface area contributed by atoms with Crippen molar-refractivity contribution < 1.29 is 17.9 Å². The summed E-state index contributed by atoms with van der Waals surface area (Å²) in [5.41, 5.74) is 2.74. The zero-order valence-corrected chi connectivity index (χ0v) is 18.9. The molecule has 0 atom stereocenters. The van der Waals surface area contributed by atoms with E-state index in [1.165, 1.54) is 37.8 Å². The number of sulfonamides is 1. The Morgan fingerprint density at radius 3 is 2.16 bits per heavy atom. The van der Waals surface area contributed by atoms with Crippen molar-refractivity contribution in [2.75, 3.05) is 54.5 Å². The van der Waals surface area contributed by atoms with E-state index >= 15 is 0 Å². The maximum Gasteiger partial charge on any atom is 0.257 e. The zero-order valence-electron chi connectivity index (χ0n) is 18.1. The maximum atomic E-state index is 13.2. The van der Waals surface area contributed by atoms with Gasteiger partial charge in [0, 0.05) is 43.2 Å². The fourth-order valence-electron chi connectivity index (χ4n) is 4.24. The second kappa shape index (κ2) is 9.89. The van der Waals surface area contributed by atoms with Crippen molar-refractivity contribution in [1.29, 1.82) is 0 Å². The number of carbonyl (C=O) groups is 1. The van der Waals surface area contributed by atoms with Gasteiger partial charge in [-0.05, 0) is 55.3 Å². The summed E-state index contributed by atoms with van der Waals surface area (Å²) >= 11 is 0. The van der Waals surface area contributed by atoms with Gasteiger partial charge in [-0.3, -0.25) is 4.79 Å². The fraction of sp³-hybridized carbons (Fsp3) is 0.435. The van der Waals surface area contributed by atoms with Gasteiger partial charge in [0.15, 0.2) is 0 Å². The summed E-state index contributed by atoms with van der Waals surface area (Å²) in [6.45, 7) is 4.45. The molecule has 2 aliphatic heterocycles. The molecule has 0 bridgehead atoms. The molecule has 0 unspecified atom stereocenters. The third-order valence-corrected chi connectivity index (χ3v) is 6.90. The average molecular weight is 459 g/mol. The van der Waals surface area contributed by atoms with Gasteiger partial charge in [-0.15, -0.1) is 0 Å². The molecule has 2 heterocycles. The van der Waals surface area contributed by atoms with E-state index in [2.05, 4.69) is 10.2 Å². The molecule has 0 spiro atoms. The summed E-state index contributed by atoms with van der Waals surface area (Å²) in [6.07, 6.45) is 4.94. The summed E-state index contributed by atoms with van der Waals surface area (Å²) < 4.78 is 29.1. The Morgan fingerprint density at radius 2 is 1.53 bits per heavy atom. The van der Waals surface area contributed by atoms with Crippen molar-refractivity contribution in [3.05, 3.63) is 48.0 Å². The zero-order chi connectivity index (χ0) is 22.6. The molecule has 2 aromatic rings. The first-order valence-corrected chi connectivity index (χ1v) is 12.6. The van der Waals surface area contributed by atoms with E-state index in [4.69, 9.17) is 9.88 Å². The summed E-state index contributed by atoms with van der Waals surface area (Å²) in [7, 11) is -3.93. The standard InChI is InChI=1S/C23H30N4O4S/c24-32(29,30)20-9-10-22(27-13-15-31-16-14-27)21(17-20)23(28)25-18-5-7-19(8-6-18)26-11-3-1-2-4-12-26/h5-10,17H,1-4,11-16H2,(H,25,28)(H2,24,29,30). The Hall–Kier alpha value is -2.62. The first-order chi connectivity index (χ1) is 15.4. The first-order valence-electron chi connectivity index (χ1n) is 11.1. The summed E-state index contributed by atoms with van der Waals surface area (Å²) in [5, 5.41) is 8.22. The lowest BCUT2D eigenvalue weighted by molar-refractivity contribution is 0.102. The van der Waals surface area contributed by atoms with Gasteiger partial charge in [0.2, 0.25) is 10.0 Å². The molecule has 2 fully saturated rings. The van der Waals surface area contributed by atoms with Crippen LogP contribution in [0.2, 0.25) is 0 Å². The molecule has 2 aliphatic rings. The number of ether oxygens (including phenoxy) is 1. The van der Waals surface area contributed by atoms with Crippen molar-refractivity contribution in [3.63, 3.8) is 0 Å². The monoisotopic (exact) mass is 458 g/mol. The minimum Gasteiger partial charge on any atom is -0.378 e. The number of nitrogens with one attached hydrogen (secondary N) is 1. The topological polar surface area (TPSA) is 105 Å². The van der Waals surface area contributed by atoms with Gasteiger partial charge in [0.1, 0.15) is 0 Å². The predicted octanol–water partition coefficient (Wildman–Crippen LogP) is 2.80. The lowest BCUT2D eigenvalue weighted by Crippen LogP contribution is -2.37. The summed E-state index contributed by atoms with van der Waals surface area (Å²) in [5.74, 6) is -0.375. The van der Waals surface area contributed by atoms with Crippen LogP contribution >= 0.6 is 0 Å². The molecule has 2 saturated heterocycles. The largest absolute Gasteiger partial charge is 0.378 e. The predicted molar refractivity (Wildman–Crippen MR) is 126 cm³/mol. The Kier molecular flexibility index (Phi) is 6.98. The Bertz CT molecular complexity index is 1040. The number of rotatable bonds is 5. The van der Waals surface area contributed by atoms with Crippen molar-refractivity contribution in [2.24, 2.45) is 5.14 Å². The van der Waals surface area contributed by atoms with Crippen LogP contribution in [0.5, 0.6) is 0 Å². The van der Waals surface area contributed by atoms with E-state index in [0.29, 0.717) is 37.7 Å². The van der Waals surface area contributed by atoms with Crippen LogP contribution in [0, 0.1) is 0 Å². The number of benzene rings is 2. The summed E-state index contributed by atoms with van der Waals surface area (Å²) in [6, 6.07) is 12.2. The van der Waals surface area contributed by atoms with E-state index in [1.54, 1.807) is 6.07 Å². The molecule has 2 aromatic carbocycles. The molecule has 0 saturated carbocycles. The Balaban J connectivity index is 1.56. The van der Waals surface area contributed by atoms with Gasteiger partial charge in [0.25, 0.3) is 5.91 Å². The van der Waals surface area contributed by atoms with Crippen LogP contribution in [0.1, 0.15) is 36.0 Å². The quantitative estimate of drug-likeness (QED) is 0.714. The Labute approximate surface area is 189 Å². The minimum atomic E-state index is -3.93. The number of hydrogen-bond acceptors (Lipinski definition) is 6. The second-order valence-corrected chi connectivity index (χ2v) is 9.79. The lowest BCUT2D eigenvalue weighted by atomic mass is 10.1. The number of nitrogens with zero attached hydrogens (tertiary/aromatic N) is 2. The number of morpholine rings is 1. The number of nitrogens with two attached hydrogens (primary N) is 1. The second-order valence-electron chi connectivity index (χ2n) is 8.23. The highest BCUT2D eigenvalue weighted by Crippen LogP contribution is 2.27. The minimum absolute atomic E-state index is 0.0869. The van der Waals surface area contributed by atoms with Gasteiger partial charge >= 0.3 is 0 Å². The number of hydrogen-bond donors (Lipinski definition) is 2. The number of primary sulfonamides is 1. The maximum absolute atomic E-state index is 13.2. The molecule has 0 aromatic heterocycles. The van der Waals surface area contributed by atoms with E-state index in [-0.39, 0.29) is 16.4 Å². The smallest absolute Gasteiger partial charge is 0.257 e. The van der Waals surface area contributed by atoms with E-state index in [9.17, 15) is 13.2 Å². The van der Waals surface area contributed by atoms with Gasteiger partial charge in [-0.1, -0.05) is 12.8 Å². The van der Waals surface area contributed by atoms with Gasteiger partial charge in [-0.2, -0.15) is 0 Å². The number of amides is 1. The average Bonchev–Trinajstić information content (AvgIpc) is 3.09. The molecule has 0 radical (unpaired) electrons. The van der Waals surface area contributed by atoms with Crippen LogP contribution in [0.4, 0.5) is 17.1 Å². The molecule has 8 nitrogen and oxygen atoms in total. The van der Waals surface area contributed by atoms with Crippen molar-refractivity contribution >= 4 is 33.0 Å². The van der Waals surface area contributed by atoms with Crippen molar-refractivity contribution in [3.8, 4) is 0 Å². The van der Waals surface area contributed by atoms with Gasteiger partial charge < -0.3 is 19.9 Å². The van der Waals surface area contributed by atoms with Crippen LogP contribution in [0.25, 0.3) is 0 Å². The fourth-order valence-corrected chi connectivity index (χ4v) is 4.78. The number of anilines is 3. The van der Waals surface area contributed by atoms with Crippen molar-refractivity contribution in [2.45, 2.75) is 30.6 Å². The third-order valence-electron chi connectivity index (χ3n) is 5.99. The summed E-state index contributed by atoms with van der Waals surface area (Å²) in [4.78, 5) is 17.5. The van der Waals surface area contributed by atoms with E-state index < -0.39 is 10.0 Å². The Morgan fingerprint density at radius 1 is 0.875 bits per heavy atom. The van der Waals surface area contributed by atoms with E-state index in [1.807, 2.05) is 29.2 Å². The molecule has 172 valence electrons. The lowest BCUT2D eigenvalue weighted by Gasteiger charge is -2.30. The third kappa shape index (κ3) is 5.40. The van der Waals surface area contributed by atoms with Crippen LogP contribution in [0.15, 0.2) is 47.4 Å². The number of carbonyl (C=O) groups excluding carboxylic acids is 1. The van der Waals surface area contributed by atoms with Gasteiger partial charge in [-0.25, -0.2) is 13.6 Å². The van der Waals surface area contributed by atoms with Crippen LogP contribution < -0.4 is 20.3 Å². The molecular weight excluding hydrogens is 428 g/mol. The first kappa shape index (κ1) is 22.6. The van der Waals surface area contributed by atoms with Crippen LogP contribution in [-0.4, -0.2) is 53.7 Å². The van der Waals surface area contributed by atoms with Crippen LogP contribution in [-0.2, 0) is 14.8 Å². The molecule has 32 heavy (non-hydrogen) atoms. The highest BCUT2D eigenvalue weighted by molar-refractivity contribution is 7.89. The molecule has 3 N–H and O–H groups in total. The SMILES string of the molecule is NS(=O)(=O)c1ccc(N2CCOCC2)c(C(=O)Nc2ccc(N3CCCCCC3)cc2)c1. The van der Waals surface area contributed by atoms with Crippen molar-refractivity contribution in [1.82, 2.24) is 0 Å². The molecule has 1 amide bonds. The highest BCUT2D eigenvalue weighted by Gasteiger charge is 2.22. The molecule has 4 rings (SSSR count). The molecule has 9 heteroatoms. The molecular formula is C23H30N4O4S. The highest BCUT2D eigenvalue weighted by atomic mass is 32.2.